The topological polar surface area (TPSA) is 247 Å². The number of nitrogens with zero attached hydrogens (tertiary/aromatic N) is 8. The Balaban J connectivity index is 0.921. The molecule has 0 aromatic rings. The predicted molar refractivity (Wildman–Crippen MR) is 351 cm³/mol. The Kier molecular flexibility index (Phi) is 33.0. The molecule has 7 rings (SSSR count). The first-order valence-corrected chi connectivity index (χ1v) is 36.1. The molecule has 0 aromatic carbocycles. The fourth-order valence-electron chi connectivity index (χ4n) is 15.6. The molecule has 0 radical (unpaired) electrons. The van der Waals surface area contributed by atoms with Crippen molar-refractivity contribution in [2.45, 2.75) is 220 Å². The van der Waals surface area contributed by atoms with E-state index in [1.807, 2.05) is 0 Å². The van der Waals surface area contributed by atoms with Crippen LogP contribution in [-0.4, -0.2) is 156 Å². The van der Waals surface area contributed by atoms with Gasteiger partial charge in [0.25, 0.3) is 0 Å². The van der Waals surface area contributed by atoms with E-state index in [0.29, 0.717) is 140 Å². The van der Waals surface area contributed by atoms with E-state index in [9.17, 15) is 28.8 Å². The molecule has 7 fully saturated rings. The highest BCUT2D eigenvalue weighted by atomic mass is 16.6. The number of rotatable bonds is 33. The maximum absolute atomic E-state index is 14.8. The lowest BCUT2D eigenvalue weighted by Crippen LogP contribution is -2.61. The van der Waals surface area contributed by atoms with E-state index in [0.717, 1.165) is 193 Å². The number of ether oxygens (including phenoxy) is 3. The van der Waals surface area contributed by atoms with Gasteiger partial charge in [0.15, 0.2) is 0 Å². The van der Waals surface area contributed by atoms with Crippen molar-refractivity contribution in [1.82, 2.24) is 25.8 Å². The van der Waals surface area contributed by atoms with Crippen LogP contribution in [0.25, 0.3) is 0 Å². The van der Waals surface area contributed by atoms with Crippen LogP contribution in [0.4, 0.5) is 19.2 Å². The van der Waals surface area contributed by atoms with Gasteiger partial charge in [0.05, 0.1) is 77.1 Å². The summed E-state index contributed by atoms with van der Waals surface area (Å²) < 4.78 is 15.8. The molecule has 1 saturated heterocycles. The number of nitrogens with one attached hydrogen (secondary N) is 3. The summed E-state index contributed by atoms with van der Waals surface area (Å²) in [6.45, 7) is 13.9. The fraction of sp³-hybridized carbons (Fsp3) is 0.871. The number of unbranched alkanes of at least 4 members (excludes halogenated alkanes) is 3. The molecule has 7 aliphatic rings. The van der Waals surface area contributed by atoms with Crippen molar-refractivity contribution in [2.24, 2.45) is 107 Å². The summed E-state index contributed by atoms with van der Waals surface area (Å²) in [6, 6.07) is 8.58. The van der Waals surface area contributed by atoms with Crippen LogP contribution in [0.1, 0.15) is 220 Å². The van der Waals surface area contributed by atoms with E-state index in [-0.39, 0.29) is 59.7 Å². The normalized spacial score (nSPS) is 28.8. The standard InChI is InChI=1S/C70H115N11O9/c1-4-7-28-88-67(84)77-44-59-23-11-18-54(32-59)39-72-49-71-38-53-17-10-16-52(31-53)37-64-65(82)80(47-62-26-14-21-57(35-62)42-75-50-73-40-55-19-12-24-60(33-55)45-78-68(85)89-29-8-5-2)70(87)81(66(64)83)48-63-27-15-22-58(36-63)43-76-51-74-41-56-20-13-25-61(34-56)46-79-69(86)90-30-9-6-3/h52-64H,4-48H2,1-3H3,(H,77,84)(H,78,85)(H,79,86). The lowest BCUT2D eigenvalue weighted by Gasteiger charge is -2.42. The van der Waals surface area contributed by atoms with Crippen molar-refractivity contribution in [3.05, 3.63) is 0 Å². The van der Waals surface area contributed by atoms with Crippen molar-refractivity contribution in [3.8, 4) is 0 Å². The van der Waals surface area contributed by atoms with Gasteiger partial charge >= 0.3 is 24.3 Å². The zero-order chi connectivity index (χ0) is 63.6. The zero-order valence-electron chi connectivity index (χ0n) is 55.6. The van der Waals surface area contributed by atoms with E-state index >= 15 is 0 Å². The Hall–Kier alpha value is -5.44. The summed E-state index contributed by atoms with van der Waals surface area (Å²) >= 11 is 0. The van der Waals surface area contributed by atoms with Gasteiger partial charge in [0.1, 0.15) is 5.92 Å². The van der Waals surface area contributed by atoms with Gasteiger partial charge in [0, 0.05) is 32.7 Å². The smallest absolute Gasteiger partial charge is 0.407 e. The van der Waals surface area contributed by atoms with Crippen LogP contribution >= 0.6 is 0 Å². The molecule has 7 amide bonds. The minimum atomic E-state index is -0.899. The largest absolute Gasteiger partial charge is 0.450 e. The monoisotopic (exact) mass is 1250 g/mol. The van der Waals surface area contributed by atoms with Crippen molar-refractivity contribution in [1.29, 1.82) is 0 Å². The Morgan fingerprint density at radius 1 is 0.389 bits per heavy atom. The molecular formula is C70H115N11O9. The van der Waals surface area contributed by atoms with Gasteiger partial charge < -0.3 is 30.2 Å². The second kappa shape index (κ2) is 41.2. The van der Waals surface area contributed by atoms with Crippen molar-refractivity contribution < 1.29 is 43.0 Å². The van der Waals surface area contributed by atoms with Crippen LogP contribution in [-0.2, 0) is 23.8 Å². The molecule has 20 nitrogen and oxygen atoms in total. The maximum Gasteiger partial charge on any atom is 0.407 e. The van der Waals surface area contributed by atoms with Crippen molar-refractivity contribution >= 4 is 54.2 Å². The summed E-state index contributed by atoms with van der Waals surface area (Å²) in [6.07, 6.45) is 29.3. The number of hydrogen-bond acceptors (Lipinski definition) is 15. The van der Waals surface area contributed by atoms with Gasteiger partial charge in [0.2, 0.25) is 11.8 Å². The van der Waals surface area contributed by atoms with E-state index in [1.165, 1.54) is 9.80 Å². The molecular weight excluding hydrogens is 1140 g/mol. The Morgan fingerprint density at radius 2 is 0.644 bits per heavy atom. The van der Waals surface area contributed by atoms with Gasteiger partial charge in [-0.05, 0) is 206 Å². The summed E-state index contributed by atoms with van der Waals surface area (Å²) in [4.78, 5) is 112. The Bertz CT molecular complexity index is 2130. The van der Waals surface area contributed by atoms with Crippen LogP contribution in [0.5, 0.6) is 0 Å². The fourth-order valence-corrected chi connectivity index (χ4v) is 15.6. The average Bonchev–Trinajstić information content (AvgIpc) is 0.873. The molecule has 90 heavy (non-hydrogen) atoms. The molecule has 504 valence electrons. The van der Waals surface area contributed by atoms with Gasteiger partial charge in [-0.25, -0.2) is 49.1 Å². The van der Waals surface area contributed by atoms with E-state index in [2.05, 4.69) is 84.7 Å². The third kappa shape index (κ3) is 26.3. The first-order valence-electron chi connectivity index (χ1n) is 36.1. The molecule has 3 N–H and O–H groups in total. The number of urea groups is 1. The van der Waals surface area contributed by atoms with Gasteiger partial charge in [-0.2, -0.15) is 0 Å². The van der Waals surface area contributed by atoms with Gasteiger partial charge in [-0.3, -0.25) is 19.4 Å². The highest BCUT2D eigenvalue weighted by molar-refractivity contribution is 6.16. The van der Waals surface area contributed by atoms with Gasteiger partial charge in [-0.1, -0.05) is 85.0 Å². The maximum atomic E-state index is 14.8. The number of aliphatic imine (C=N–C) groups is 6. The number of amides is 7. The SMILES string of the molecule is CCCCOC(=O)NCC1CCCC(CN=C=NCC2CCCC(CC3C(=O)N(CC4CCCC(CN=C=NCC5CCCC(CNC(=O)OCCCC)C5)C4)C(=O)N(CC4CCCC(CN=C=NCC5CCCC(CNC(=O)OCCCC)C5)C4)C3=O)C2)C1. The van der Waals surface area contributed by atoms with Crippen LogP contribution < -0.4 is 16.0 Å². The Labute approximate surface area is 539 Å². The predicted octanol–water partition coefficient (Wildman–Crippen LogP) is 13.7. The van der Waals surface area contributed by atoms with E-state index in [1.54, 1.807) is 0 Å². The number of alkyl carbamates (subject to hydrolysis) is 3. The molecule has 0 spiro atoms. The van der Waals surface area contributed by atoms with Crippen LogP contribution in [0.2, 0.25) is 0 Å². The first kappa shape index (κ1) is 72.0. The summed E-state index contributed by atoms with van der Waals surface area (Å²) in [5.74, 6) is 2.23. The Morgan fingerprint density at radius 3 is 0.944 bits per heavy atom. The molecule has 0 bridgehead atoms. The van der Waals surface area contributed by atoms with Crippen molar-refractivity contribution in [3.63, 3.8) is 0 Å². The average molecular weight is 1250 g/mol. The molecule has 1 aliphatic heterocycles. The number of carbonyl (C=O) groups is 6. The zero-order valence-corrected chi connectivity index (χ0v) is 55.6. The van der Waals surface area contributed by atoms with E-state index in [4.69, 9.17) is 14.2 Å². The van der Waals surface area contributed by atoms with Crippen LogP contribution in [0.3, 0.4) is 0 Å². The summed E-state index contributed by atoms with van der Waals surface area (Å²) in [5.41, 5.74) is 0. The van der Waals surface area contributed by atoms with Crippen LogP contribution in [0, 0.1) is 76.9 Å². The number of imide groups is 2. The third-order valence-corrected chi connectivity index (χ3v) is 20.7. The lowest BCUT2D eigenvalue weighted by molar-refractivity contribution is -0.151. The third-order valence-electron chi connectivity index (χ3n) is 20.7. The molecule has 0 aromatic heterocycles. The minimum absolute atomic E-state index is 0.109. The number of barbiturate groups is 1. The molecule has 1 heterocycles. The highest BCUT2D eigenvalue weighted by Crippen LogP contribution is 2.39. The first-order chi connectivity index (χ1) is 44.0. The molecule has 6 aliphatic carbocycles. The van der Waals surface area contributed by atoms with Crippen LogP contribution in [0.15, 0.2) is 30.0 Å². The number of carbonyl (C=O) groups excluding carboxylic acids is 6. The lowest BCUT2D eigenvalue weighted by atomic mass is 9.76. The molecule has 12 atom stereocenters. The summed E-state index contributed by atoms with van der Waals surface area (Å²) in [5, 5.41) is 8.86. The molecule has 6 saturated carbocycles. The van der Waals surface area contributed by atoms with E-state index < -0.39 is 11.9 Å². The number of hydrogen-bond donors (Lipinski definition) is 3. The quantitative estimate of drug-likeness (QED) is 0.0244. The molecule has 20 heteroatoms. The molecule has 12 unspecified atom stereocenters. The second-order valence-electron chi connectivity index (χ2n) is 28.3. The van der Waals surface area contributed by atoms with Crippen molar-refractivity contribution in [2.75, 3.05) is 91.8 Å². The second-order valence-corrected chi connectivity index (χ2v) is 28.3. The van der Waals surface area contributed by atoms with Gasteiger partial charge in [-0.15, -0.1) is 0 Å². The highest BCUT2D eigenvalue weighted by Gasteiger charge is 2.48. The minimum Gasteiger partial charge on any atom is -0.450 e. The summed E-state index contributed by atoms with van der Waals surface area (Å²) in [7, 11) is 0.